The number of hydrogen-bond donors (Lipinski definition) is 0. The second-order valence-corrected chi connectivity index (χ2v) is 9.90. The van der Waals surface area contributed by atoms with Crippen LogP contribution in [0, 0.1) is 5.92 Å². The molecule has 6 heteroatoms. The molecule has 0 amide bonds. The van der Waals surface area contributed by atoms with E-state index in [9.17, 15) is 19.4 Å². The van der Waals surface area contributed by atoms with Gasteiger partial charge >= 0.3 is 10.2 Å². The van der Waals surface area contributed by atoms with Gasteiger partial charge in [-0.15, -0.1) is 0 Å². The Hall–Kier alpha value is -1.82. The molecule has 148 valence electrons. The Morgan fingerprint density at radius 2 is 1.15 bits per heavy atom. The Bertz CT molecular complexity index is 812. The van der Waals surface area contributed by atoms with Crippen LogP contribution in [0.4, 0.5) is 19.4 Å². The van der Waals surface area contributed by atoms with Gasteiger partial charge in [0.1, 0.15) is 4.90 Å². The van der Waals surface area contributed by atoms with E-state index in [0.717, 1.165) is 23.6 Å². The first kappa shape index (κ1) is 19.9. The second kappa shape index (κ2) is 6.36. The van der Waals surface area contributed by atoms with E-state index in [1.807, 2.05) is 12.1 Å². The number of hydrogen-bond acceptors (Lipinski definition) is 0. The van der Waals surface area contributed by atoms with Crippen molar-refractivity contribution < 1.29 is 19.4 Å². The van der Waals surface area contributed by atoms with Gasteiger partial charge in [0.2, 0.25) is 0 Å². The van der Waals surface area contributed by atoms with E-state index in [-0.39, 0.29) is 0 Å². The summed E-state index contributed by atoms with van der Waals surface area (Å²) < 4.78 is 63.6. The van der Waals surface area contributed by atoms with Crippen molar-refractivity contribution in [1.29, 1.82) is 0 Å². The zero-order valence-corrected chi connectivity index (χ0v) is 15.9. The fourth-order valence-corrected chi connectivity index (χ4v) is 4.15. The van der Waals surface area contributed by atoms with E-state index >= 15 is 0 Å². The Morgan fingerprint density at radius 3 is 1.59 bits per heavy atom. The molecule has 0 nitrogen and oxygen atoms in total. The maximum Gasteiger partial charge on any atom is 0.310 e. The molecule has 0 unspecified atom stereocenters. The lowest BCUT2D eigenvalue weighted by molar-refractivity contribution is 0.348. The van der Waals surface area contributed by atoms with Crippen molar-refractivity contribution in [3.63, 3.8) is 0 Å². The third-order valence-corrected chi connectivity index (χ3v) is 6.38. The minimum absolute atomic E-state index is 0.436. The van der Waals surface area contributed by atoms with Crippen molar-refractivity contribution in [3.05, 3.63) is 65.2 Å². The molecule has 1 aliphatic rings. The van der Waals surface area contributed by atoms with Crippen LogP contribution in [-0.4, -0.2) is 0 Å². The summed E-state index contributed by atoms with van der Waals surface area (Å²) in [5, 5.41) is 0. The summed E-state index contributed by atoms with van der Waals surface area (Å²) in [5.41, 5.74) is 2.67. The van der Waals surface area contributed by atoms with Crippen molar-refractivity contribution in [2.24, 2.45) is 5.92 Å². The average Bonchev–Trinajstić information content (AvgIpc) is 2.60. The molecule has 0 saturated heterocycles. The van der Waals surface area contributed by atoms with Crippen molar-refractivity contribution in [2.75, 3.05) is 0 Å². The Kier molecular flexibility index (Phi) is 4.70. The van der Waals surface area contributed by atoms with Gasteiger partial charge in [-0.3, -0.25) is 0 Å². The first-order chi connectivity index (χ1) is 12.4. The molecule has 3 rings (SSSR count). The molecule has 1 aliphatic carbocycles. The predicted octanol–water partition coefficient (Wildman–Crippen LogP) is 8.81. The van der Waals surface area contributed by atoms with Gasteiger partial charge in [0.25, 0.3) is 0 Å². The molecule has 0 spiro atoms. The van der Waals surface area contributed by atoms with Crippen LogP contribution in [0.25, 0.3) is 12.2 Å². The summed E-state index contributed by atoms with van der Waals surface area (Å²) in [4.78, 5) is -1.86. The van der Waals surface area contributed by atoms with Crippen LogP contribution in [0.2, 0.25) is 0 Å². The van der Waals surface area contributed by atoms with E-state index in [1.165, 1.54) is 31.2 Å². The summed E-state index contributed by atoms with van der Waals surface area (Å²) in [5.74, 6) is 1.40. The highest BCUT2D eigenvalue weighted by Crippen LogP contribution is 3.02. The highest BCUT2D eigenvalue weighted by Gasteiger charge is 2.65. The van der Waals surface area contributed by atoms with Crippen LogP contribution in [0.15, 0.2) is 53.4 Å². The molecule has 1 fully saturated rings. The summed E-state index contributed by atoms with van der Waals surface area (Å²) in [6.45, 7) is 2.29. The summed E-state index contributed by atoms with van der Waals surface area (Å²) in [6, 6.07) is 11.1. The molecule has 0 radical (unpaired) electrons. The molecule has 27 heavy (non-hydrogen) atoms. The Labute approximate surface area is 156 Å². The van der Waals surface area contributed by atoms with Crippen LogP contribution in [0.3, 0.4) is 0 Å². The summed E-state index contributed by atoms with van der Waals surface area (Å²) >= 11 is 0. The number of halogens is 5. The molecule has 0 aromatic heterocycles. The molecule has 0 heterocycles. The SMILES string of the molecule is CC1CCC(c2ccc(/C=C/c3ccc(S(F)(F)(F)(F)F)cc3)cc2)CC1. The van der Waals surface area contributed by atoms with E-state index in [1.54, 1.807) is 12.2 Å². The van der Waals surface area contributed by atoms with Crippen LogP contribution in [0.1, 0.15) is 55.2 Å². The Morgan fingerprint density at radius 1 is 0.704 bits per heavy atom. The molecule has 2 aromatic carbocycles. The molecule has 0 bridgehead atoms. The normalized spacial score (nSPS) is 23.8. The van der Waals surface area contributed by atoms with E-state index in [2.05, 4.69) is 19.1 Å². The molecule has 0 N–H and O–H groups in total. The van der Waals surface area contributed by atoms with Crippen LogP contribution in [-0.2, 0) is 0 Å². The van der Waals surface area contributed by atoms with Gasteiger partial charge in [0.15, 0.2) is 0 Å². The highest BCUT2D eigenvalue weighted by atomic mass is 32.5. The van der Waals surface area contributed by atoms with Crippen molar-refractivity contribution in [3.8, 4) is 0 Å². The second-order valence-electron chi connectivity index (χ2n) is 7.49. The number of rotatable bonds is 4. The van der Waals surface area contributed by atoms with E-state index in [0.29, 0.717) is 23.6 Å². The lowest BCUT2D eigenvalue weighted by Gasteiger charge is -2.40. The van der Waals surface area contributed by atoms with Crippen molar-refractivity contribution in [1.82, 2.24) is 0 Å². The Balaban J connectivity index is 1.68. The molecular formula is C21H23F5S. The lowest BCUT2D eigenvalue weighted by Crippen LogP contribution is -2.10. The van der Waals surface area contributed by atoms with Crippen LogP contribution in [0.5, 0.6) is 0 Å². The van der Waals surface area contributed by atoms with E-state index in [4.69, 9.17) is 0 Å². The van der Waals surface area contributed by atoms with Gasteiger partial charge in [0, 0.05) is 0 Å². The third-order valence-electron chi connectivity index (χ3n) is 5.22. The monoisotopic (exact) mass is 402 g/mol. The van der Waals surface area contributed by atoms with Crippen molar-refractivity contribution >= 4 is 22.4 Å². The first-order valence-corrected chi connectivity index (χ1v) is 11.0. The largest absolute Gasteiger partial charge is 0.310 e. The first-order valence-electron chi connectivity index (χ1n) is 9.03. The molecule has 1 saturated carbocycles. The standard InChI is InChI=1S/C21H23F5S/c1-16-2-10-19(11-3-16)20-12-6-17(7-13-20)4-5-18-8-14-21(15-9-18)27(22,23,24,25)26/h4-9,12-16,19H,2-3,10-11H2,1H3/b5-4+. The zero-order valence-electron chi connectivity index (χ0n) is 15.1. The van der Waals surface area contributed by atoms with Gasteiger partial charge in [-0.05, 0) is 53.5 Å². The minimum atomic E-state index is -9.60. The maximum atomic E-state index is 12.7. The van der Waals surface area contributed by atoms with Gasteiger partial charge in [-0.25, -0.2) is 0 Å². The quantitative estimate of drug-likeness (QED) is 0.354. The minimum Gasteiger partial charge on any atom is -0.0936 e. The topological polar surface area (TPSA) is 0 Å². The van der Waals surface area contributed by atoms with Crippen LogP contribution < -0.4 is 0 Å². The van der Waals surface area contributed by atoms with Gasteiger partial charge in [-0.1, -0.05) is 87.7 Å². The zero-order chi connectivity index (χ0) is 19.8. The number of benzene rings is 2. The molecule has 0 aliphatic heterocycles. The van der Waals surface area contributed by atoms with Gasteiger partial charge < -0.3 is 0 Å². The summed E-state index contributed by atoms with van der Waals surface area (Å²) in [6.07, 6.45) is 8.29. The third kappa shape index (κ3) is 5.34. The molecular weight excluding hydrogens is 379 g/mol. The van der Waals surface area contributed by atoms with Crippen molar-refractivity contribution in [2.45, 2.75) is 43.4 Å². The molecule has 0 atom stereocenters. The van der Waals surface area contributed by atoms with Crippen LogP contribution >= 0.6 is 10.2 Å². The van der Waals surface area contributed by atoms with Gasteiger partial charge in [0.05, 0.1) is 0 Å². The molecule has 2 aromatic rings. The predicted molar refractivity (Wildman–Crippen MR) is 104 cm³/mol. The summed E-state index contributed by atoms with van der Waals surface area (Å²) in [7, 11) is -9.60. The van der Waals surface area contributed by atoms with Gasteiger partial charge in [-0.2, -0.15) is 0 Å². The smallest absolute Gasteiger partial charge is 0.0936 e. The lowest BCUT2D eigenvalue weighted by atomic mass is 9.79. The maximum absolute atomic E-state index is 12.7. The van der Waals surface area contributed by atoms with E-state index < -0.39 is 15.1 Å². The fraction of sp³-hybridized carbons (Fsp3) is 0.333. The highest BCUT2D eigenvalue weighted by molar-refractivity contribution is 8.45. The fourth-order valence-electron chi connectivity index (χ4n) is 3.50. The average molecular weight is 402 g/mol.